The molecular formula is C16H18O4. The molecule has 0 radical (unpaired) electrons. The summed E-state index contributed by atoms with van der Waals surface area (Å²) in [5, 5.41) is 9.01. The van der Waals surface area contributed by atoms with Crippen LogP contribution in [-0.4, -0.2) is 23.7 Å². The molecule has 0 aliphatic heterocycles. The number of carbonyl (C=O) groups is 2. The molecule has 0 aliphatic carbocycles. The summed E-state index contributed by atoms with van der Waals surface area (Å²) in [5.41, 5.74) is -0.0189. The molecule has 1 aromatic rings. The smallest absolute Gasteiger partial charge is 0.339 e. The van der Waals surface area contributed by atoms with Crippen molar-refractivity contribution < 1.29 is 19.4 Å². The fourth-order valence-corrected chi connectivity index (χ4v) is 1.77. The van der Waals surface area contributed by atoms with E-state index in [9.17, 15) is 9.59 Å². The van der Waals surface area contributed by atoms with Crippen molar-refractivity contribution in [3.8, 4) is 12.3 Å². The predicted molar refractivity (Wildman–Crippen MR) is 75.5 cm³/mol. The van der Waals surface area contributed by atoms with Crippen molar-refractivity contribution in [2.24, 2.45) is 5.92 Å². The van der Waals surface area contributed by atoms with Crippen LogP contribution in [0.3, 0.4) is 0 Å². The summed E-state index contributed by atoms with van der Waals surface area (Å²) in [6.07, 6.45) is 8.17. The van der Waals surface area contributed by atoms with E-state index in [0.717, 1.165) is 19.3 Å². The normalized spacial score (nSPS) is 11.4. The average molecular weight is 274 g/mol. The van der Waals surface area contributed by atoms with Gasteiger partial charge in [0.1, 0.15) is 6.61 Å². The van der Waals surface area contributed by atoms with Gasteiger partial charge in [0.05, 0.1) is 17.0 Å². The van der Waals surface area contributed by atoms with Crippen molar-refractivity contribution in [2.45, 2.75) is 26.2 Å². The van der Waals surface area contributed by atoms with Crippen LogP contribution >= 0.6 is 0 Å². The number of aromatic carboxylic acids is 1. The van der Waals surface area contributed by atoms with Crippen LogP contribution in [0.5, 0.6) is 0 Å². The molecule has 1 atom stereocenters. The Morgan fingerprint density at radius 3 is 2.55 bits per heavy atom. The first kappa shape index (κ1) is 15.8. The van der Waals surface area contributed by atoms with Crippen molar-refractivity contribution in [1.29, 1.82) is 0 Å². The molecule has 0 saturated heterocycles. The summed E-state index contributed by atoms with van der Waals surface area (Å²) < 4.78 is 5.12. The van der Waals surface area contributed by atoms with Gasteiger partial charge in [0.15, 0.2) is 0 Å². The molecule has 4 nitrogen and oxygen atoms in total. The van der Waals surface area contributed by atoms with E-state index in [0.29, 0.717) is 0 Å². The molecule has 1 rings (SSSR count). The van der Waals surface area contributed by atoms with Crippen LogP contribution in [0.4, 0.5) is 0 Å². The van der Waals surface area contributed by atoms with Gasteiger partial charge in [-0.2, -0.15) is 0 Å². The van der Waals surface area contributed by atoms with Gasteiger partial charge in [-0.3, -0.25) is 0 Å². The van der Waals surface area contributed by atoms with Gasteiger partial charge in [0, 0.05) is 0 Å². The van der Waals surface area contributed by atoms with Crippen molar-refractivity contribution in [3.05, 3.63) is 35.4 Å². The third-order valence-corrected chi connectivity index (χ3v) is 2.93. The molecular weight excluding hydrogens is 256 g/mol. The van der Waals surface area contributed by atoms with E-state index in [2.05, 4.69) is 12.8 Å². The fraction of sp³-hybridized carbons (Fsp3) is 0.375. The topological polar surface area (TPSA) is 63.6 Å². The number of unbranched alkanes of at least 4 members (excludes halogenated alkanes) is 1. The molecule has 1 N–H and O–H groups in total. The summed E-state index contributed by atoms with van der Waals surface area (Å²) in [7, 11) is 0. The van der Waals surface area contributed by atoms with Crippen LogP contribution < -0.4 is 0 Å². The summed E-state index contributed by atoms with van der Waals surface area (Å²) in [4.78, 5) is 22.9. The van der Waals surface area contributed by atoms with Gasteiger partial charge in [-0.15, -0.1) is 6.42 Å². The number of hydrogen-bond acceptors (Lipinski definition) is 3. The number of esters is 1. The highest BCUT2D eigenvalue weighted by atomic mass is 16.5. The molecule has 0 amide bonds. The number of terminal acetylenes is 1. The highest BCUT2D eigenvalue weighted by Crippen LogP contribution is 2.13. The minimum absolute atomic E-state index is 0.0475. The average Bonchev–Trinajstić information content (AvgIpc) is 2.47. The Balaban J connectivity index is 2.68. The number of ether oxygens (including phenoxy) is 1. The lowest BCUT2D eigenvalue weighted by Gasteiger charge is -2.11. The molecule has 0 aromatic heterocycles. The van der Waals surface area contributed by atoms with E-state index in [1.807, 2.05) is 0 Å². The van der Waals surface area contributed by atoms with E-state index >= 15 is 0 Å². The van der Waals surface area contributed by atoms with E-state index in [1.165, 1.54) is 12.1 Å². The zero-order chi connectivity index (χ0) is 15.0. The molecule has 4 heteroatoms. The number of rotatable bonds is 7. The Morgan fingerprint density at radius 2 is 2.00 bits per heavy atom. The van der Waals surface area contributed by atoms with Crippen LogP contribution in [0.1, 0.15) is 46.9 Å². The first-order chi connectivity index (χ1) is 9.60. The third kappa shape index (κ3) is 4.43. The van der Waals surface area contributed by atoms with Crippen LogP contribution in [0.25, 0.3) is 0 Å². The lowest BCUT2D eigenvalue weighted by atomic mass is 10.0. The number of carboxylic acids is 1. The quantitative estimate of drug-likeness (QED) is 0.613. The largest absolute Gasteiger partial charge is 0.478 e. The Hall–Kier alpha value is -2.28. The van der Waals surface area contributed by atoms with Gasteiger partial charge in [0.25, 0.3) is 0 Å². The van der Waals surface area contributed by atoms with Gasteiger partial charge in [0.2, 0.25) is 0 Å². The van der Waals surface area contributed by atoms with Crippen LogP contribution in [-0.2, 0) is 4.74 Å². The molecule has 106 valence electrons. The van der Waals surface area contributed by atoms with Crippen LogP contribution in [0.2, 0.25) is 0 Å². The summed E-state index contributed by atoms with van der Waals surface area (Å²) in [6, 6.07) is 5.96. The van der Waals surface area contributed by atoms with Gasteiger partial charge in [-0.25, -0.2) is 9.59 Å². The molecule has 0 heterocycles. The summed E-state index contributed by atoms with van der Waals surface area (Å²) >= 11 is 0. The molecule has 0 spiro atoms. The lowest BCUT2D eigenvalue weighted by molar-refractivity contribution is 0.0455. The molecule has 20 heavy (non-hydrogen) atoms. The minimum atomic E-state index is -1.16. The van der Waals surface area contributed by atoms with Gasteiger partial charge < -0.3 is 9.84 Å². The highest BCUT2D eigenvalue weighted by molar-refractivity contribution is 6.02. The first-order valence-electron chi connectivity index (χ1n) is 6.55. The summed E-state index contributed by atoms with van der Waals surface area (Å²) in [5.74, 6) is 0.650. The standard InChI is InChI=1S/C16H18O4/c1-3-5-8-12(4-2)11-20-16(19)14-10-7-6-9-13(14)15(17)18/h2,6-7,9-10,12H,3,5,8,11H2,1H3,(H,17,18). The van der Waals surface area contributed by atoms with E-state index in [1.54, 1.807) is 12.1 Å². The monoisotopic (exact) mass is 274 g/mol. The Morgan fingerprint density at radius 1 is 1.35 bits per heavy atom. The summed E-state index contributed by atoms with van der Waals surface area (Å²) in [6.45, 7) is 2.17. The van der Waals surface area contributed by atoms with Crippen LogP contribution in [0.15, 0.2) is 24.3 Å². The van der Waals surface area contributed by atoms with Gasteiger partial charge in [-0.1, -0.05) is 37.8 Å². The number of benzene rings is 1. The van der Waals surface area contributed by atoms with E-state index in [-0.39, 0.29) is 23.7 Å². The fourth-order valence-electron chi connectivity index (χ4n) is 1.77. The molecule has 0 saturated carbocycles. The van der Waals surface area contributed by atoms with Gasteiger partial charge in [-0.05, 0) is 18.6 Å². The molecule has 0 bridgehead atoms. The minimum Gasteiger partial charge on any atom is -0.478 e. The maximum atomic E-state index is 11.9. The first-order valence-corrected chi connectivity index (χ1v) is 6.55. The second-order valence-corrected chi connectivity index (χ2v) is 4.46. The second-order valence-electron chi connectivity index (χ2n) is 4.46. The van der Waals surface area contributed by atoms with E-state index < -0.39 is 11.9 Å². The third-order valence-electron chi connectivity index (χ3n) is 2.93. The second kappa shape index (κ2) is 8.00. The maximum Gasteiger partial charge on any atom is 0.339 e. The Bertz CT molecular complexity index is 513. The van der Waals surface area contributed by atoms with Crippen molar-refractivity contribution in [2.75, 3.05) is 6.61 Å². The predicted octanol–water partition coefficient (Wildman–Crippen LogP) is 2.98. The zero-order valence-corrected chi connectivity index (χ0v) is 11.5. The van der Waals surface area contributed by atoms with Crippen molar-refractivity contribution in [3.63, 3.8) is 0 Å². The van der Waals surface area contributed by atoms with Gasteiger partial charge >= 0.3 is 11.9 Å². The lowest BCUT2D eigenvalue weighted by Crippen LogP contribution is -2.16. The zero-order valence-electron chi connectivity index (χ0n) is 11.5. The Labute approximate surface area is 118 Å². The molecule has 0 fully saturated rings. The molecule has 0 aliphatic rings. The Kier molecular flexibility index (Phi) is 6.31. The SMILES string of the molecule is C#CC(CCCC)COC(=O)c1ccccc1C(=O)O. The van der Waals surface area contributed by atoms with Crippen LogP contribution in [0, 0.1) is 18.3 Å². The van der Waals surface area contributed by atoms with E-state index in [4.69, 9.17) is 16.3 Å². The maximum absolute atomic E-state index is 11.9. The number of hydrogen-bond donors (Lipinski definition) is 1. The highest BCUT2D eigenvalue weighted by Gasteiger charge is 2.18. The number of carboxylic acid groups (broad SMARTS) is 1. The number of carbonyl (C=O) groups excluding carboxylic acids is 1. The van der Waals surface area contributed by atoms with Crippen molar-refractivity contribution in [1.82, 2.24) is 0 Å². The van der Waals surface area contributed by atoms with Crippen molar-refractivity contribution >= 4 is 11.9 Å². The molecule has 1 aromatic carbocycles. The molecule has 1 unspecified atom stereocenters.